The van der Waals surface area contributed by atoms with E-state index in [4.69, 9.17) is 4.74 Å². The van der Waals surface area contributed by atoms with Crippen LogP contribution in [0.5, 0.6) is 5.75 Å². The minimum Gasteiger partial charge on any atom is -0.497 e. The molecule has 2 atom stereocenters. The van der Waals surface area contributed by atoms with Gasteiger partial charge in [0.15, 0.2) is 5.96 Å². The van der Waals surface area contributed by atoms with Crippen molar-refractivity contribution >= 4 is 17.3 Å². The standard InChI is InChI=1S/C19H27N3O2S/c1-4-20-19(21-11-14(2)16-8-9-25-13-16)22-12-18(23)15-6-5-7-17(10-15)24-3/h5-10,13-14,18,23H,4,11-12H2,1-3H3,(H2,20,21,22). The summed E-state index contributed by atoms with van der Waals surface area (Å²) in [6, 6.07) is 9.60. The van der Waals surface area contributed by atoms with E-state index in [9.17, 15) is 5.11 Å². The van der Waals surface area contributed by atoms with Gasteiger partial charge in [-0.3, -0.25) is 4.99 Å². The molecule has 25 heavy (non-hydrogen) atoms. The van der Waals surface area contributed by atoms with Crippen molar-refractivity contribution in [1.82, 2.24) is 10.6 Å². The van der Waals surface area contributed by atoms with Gasteiger partial charge in [0.2, 0.25) is 0 Å². The van der Waals surface area contributed by atoms with Crippen molar-refractivity contribution in [3.63, 3.8) is 0 Å². The Morgan fingerprint density at radius 3 is 2.80 bits per heavy atom. The van der Waals surface area contributed by atoms with Gasteiger partial charge in [0.25, 0.3) is 0 Å². The number of thiophene rings is 1. The van der Waals surface area contributed by atoms with Crippen LogP contribution in [0.1, 0.15) is 37.0 Å². The van der Waals surface area contributed by atoms with Gasteiger partial charge >= 0.3 is 0 Å². The molecular weight excluding hydrogens is 334 g/mol. The fraction of sp³-hybridized carbons (Fsp3) is 0.421. The topological polar surface area (TPSA) is 65.9 Å². The zero-order valence-corrected chi connectivity index (χ0v) is 15.8. The van der Waals surface area contributed by atoms with Gasteiger partial charge in [0.05, 0.1) is 13.2 Å². The van der Waals surface area contributed by atoms with E-state index >= 15 is 0 Å². The highest BCUT2D eigenvalue weighted by Gasteiger charge is 2.10. The van der Waals surface area contributed by atoms with Crippen molar-refractivity contribution in [3.8, 4) is 5.75 Å². The van der Waals surface area contributed by atoms with Crippen molar-refractivity contribution in [1.29, 1.82) is 0 Å². The monoisotopic (exact) mass is 361 g/mol. The van der Waals surface area contributed by atoms with Crippen molar-refractivity contribution in [3.05, 3.63) is 52.2 Å². The molecule has 2 rings (SSSR count). The van der Waals surface area contributed by atoms with E-state index in [0.717, 1.165) is 17.9 Å². The van der Waals surface area contributed by atoms with Crippen LogP contribution in [0.15, 0.2) is 46.1 Å². The SMILES string of the molecule is CCNC(=NCC(C)c1ccsc1)NCC(O)c1cccc(OC)c1. The molecule has 0 saturated carbocycles. The molecule has 2 unspecified atom stereocenters. The van der Waals surface area contributed by atoms with E-state index in [1.54, 1.807) is 18.4 Å². The zero-order chi connectivity index (χ0) is 18.1. The second-order valence-corrected chi connectivity index (χ2v) is 6.63. The van der Waals surface area contributed by atoms with Gasteiger partial charge in [-0.05, 0) is 47.0 Å². The quantitative estimate of drug-likeness (QED) is 0.499. The maximum absolute atomic E-state index is 10.4. The highest BCUT2D eigenvalue weighted by atomic mass is 32.1. The normalized spacial score (nSPS) is 14.0. The largest absolute Gasteiger partial charge is 0.497 e. The van der Waals surface area contributed by atoms with Crippen LogP contribution >= 0.6 is 11.3 Å². The maximum Gasteiger partial charge on any atom is 0.191 e. The molecule has 0 saturated heterocycles. The van der Waals surface area contributed by atoms with Gasteiger partial charge in [-0.2, -0.15) is 11.3 Å². The third-order valence-corrected chi connectivity index (χ3v) is 4.62. The molecule has 1 aromatic heterocycles. The smallest absolute Gasteiger partial charge is 0.191 e. The first kappa shape index (κ1) is 19.3. The molecule has 0 radical (unpaired) electrons. The Bertz CT molecular complexity index is 658. The molecule has 5 nitrogen and oxygen atoms in total. The fourth-order valence-corrected chi connectivity index (χ4v) is 3.17. The number of ether oxygens (including phenoxy) is 1. The summed E-state index contributed by atoms with van der Waals surface area (Å²) in [4.78, 5) is 4.63. The molecule has 2 aromatic rings. The summed E-state index contributed by atoms with van der Waals surface area (Å²) >= 11 is 1.70. The molecule has 0 fully saturated rings. The Kier molecular flexibility index (Phi) is 7.76. The number of benzene rings is 1. The number of hydrogen-bond acceptors (Lipinski definition) is 4. The molecule has 1 aromatic carbocycles. The lowest BCUT2D eigenvalue weighted by Crippen LogP contribution is -2.39. The molecule has 0 amide bonds. The fourth-order valence-electron chi connectivity index (χ4n) is 2.39. The predicted molar refractivity (Wildman–Crippen MR) is 105 cm³/mol. The number of hydrogen-bond donors (Lipinski definition) is 3. The van der Waals surface area contributed by atoms with E-state index in [2.05, 4.69) is 39.4 Å². The second kappa shape index (κ2) is 10.1. The Morgan fingerprint density at radius 1 is 1.28 bits per heavy atom. The van der Waals surface area contributed by atoms with Crippen LogP contribution < -0.4 is 15.4 Å². The number of aliphatic hydroxyl groups excluding tert-OH is 1. The van der Waals surface area contributed by atoms with Crippen LogP contribution in [0, 0.1) is 0 Å². The molecule has 0 aliphatic carbocycles. The van der Waals surface area contributed by atoms with Crippen molar-refractivity contribution < 1.29 is 9.84 Å². The molecule has 0 bridgehead atoms. The number of aliphatic hydroxyl groups is 1. The molecule has 0 spiro atoms. The molecule has 3 N–H and O–H groups in total. The third kappa shape index (κ3) is 6.07. The lowest BCUT2D eigenvalue weighted by Gasteiger charge is -2.17. The van der Waals surface area contributed by atoms with Crippen LogP contribution in [-0.2, 0) is 0 Å². The summed E-state index contributed by atoms with van der Waals surface area (Å²) in [5.41, 5.74) is 2.12. The average Bonchev–Trinajstić information content (AvgIpc) is 3.18. The van der Waals surface area contributed by atoms with Crippen molar-refractivity contribution in [2.45, 2.75) is 25.9 Å². The summed E-state index contributed by atoms with van der Waals surface area (Å²) in [7, 11) is 1.62. The van der Waals surface area contributed by atoms with Gasteiger partial charge in [-0.15, -0.1) is 0 Å². The summed E-state index contributed by atoms with van der Waals surface area (Å²) in [5.74, 6) is 1.82. The predicted octanol–water partition coefficient (Wildman–Crippen LogP) is 3.15. The van der Waals surface area contributed by atoms with Gasteiger partial charge in [0.1, 0.15) is 5.75 Å². The number of aliphatic imine (C=N–C) groups is 1. The summed E-state index contributed by atoms with van der Waals surface area (Å²) in [6.45, 7) is 6.04. The molecule has 0 aliphatic heterocycles. The lowest BCUT2D eigenvalue weighted by molar-refractivity contribution is 0.180. The van der Waals surface area contributed by atoms with E-state index in [0.29, 0.717) is 25.0 Å². The van der Waals surface area contributed by atoms with Gasteiger partial charge in [0, 0.05) is 25.6 Å². The number of guanidine groups is 1. The number of nitrogens with zero attached hydrogens (tertiary/aromatic N) is 1. The highest BCUT2D eigenvalue weighted by Crippen LogP contribution is 2.19. The molecule has 0 aliphatic rings. The molecule has 6 heteroatoms. The van der Waals surface area contributed by atoms with Crippen LogP contribution in [0.4, 0.5) is 0 Å². The number of nitrogens with one attached hydrogen (secondary N) is 2. The Balaban J connectivity index is 1.92. The van der Waals surface area contributed by atoms with E-state index in [1.165, 1.54) is 5.56 Å². The minimum atomic E-state index is -0.631. The van der Waals surface area contributed by atoms with E-state index in [-0.39, 0.29) is 0 Å². The Hall–Kier alpha value is -2.05. The third-order valence-electron chi connectivity index (χ3n) is 3.92. The van der Waals surface area contributed by atoms with E-state index in [1.807, 2.05) is 31.2 Å². The number of methoxy groups -OCH3 is 1. The summed E-state index contributed by atoms with van der Waals surface area (Å²) in [6.07, 6.45) is -0.631. The Morgan fingerprint density at radius 2 is 2.12 bits per heavy atom. The first-order valence-corrected chi connectivity index (χ1v) is 9.44. The summed E-state index contributed by atoms with van der Waals surface area (Å²) in [5, 5.41) is 21.1. The van der Waals surface area contributed by atoms with Gasteiger partial charge in [-0.25, -0.2) is 0 Å². The van der Waals surface area contributed by atoms with Crippen molar-refractivity contribution in [2.24, 2.45) is 4.99 Å². The molecule has 1 heterocycles. The summed E-state index contributed by atoms with van der Waals surface area (Å²) < 4.78 is 5.20. The number of rotatable bonds is 8. The lowest BCUT2D eigenvalue weighted by atomic mass is 10.1. The second-order valence-electron chi connectivity index (χ2n) is 5.85. The van der Waals surface area contributed by atoms with Crippen LogP contribution in [-0.4, -0.2) is 37.8 Å². The average molecular weight is 362 g/mol. The van der Waals surface area contributed by atoms with E-state index < -0.39 is 6.10 Å². The first-order valence-electron chi connectivity index (χ1n) is 8.50. The molecule has 136 valence electrons. The Labute approximate surface area is 153 Å². The van der Waals surface area contributed by atoms with Gasteiger partial charge < -0.3 is 20.5 Å². The van der Waals surface area contributed by atoms with Crippen LogP contribution in [0.25, 0.3) is 0 Å². The highest BCUT2D eigenvalue weighted by molar-refractivity contribution is 7.07. The van der Waals surface area contributed by atoms with Crippen molar-refractivity contribution in [2.75, 3.05) is 26.7 Å². The molecular formula is C19H27N3O2S. The maximum atomic E-state index is 10.4. The van der Waals surface area contributed by atoms with Crippen LogP contribution in [0.3, 0.4) is 0 Å². The minimum absolute atomic E-state index is 0.366. The van der Waals surface area contributed by atoms with Crippen LogP contribution in [0.2, 0.25) is 0 Å². The first-order chi connectivity index (χ1) is 12.1. The zero-order valence-electron chi connectivity index (χ0n) is 15.0. The van der Waals surface area contributed by atoms with Gasteiger partial charge in [-0.1, -0.05) is 19.1 Å².